The molecule has 6 nitrogen and oxygen atoms in total. The monoisotopic (exact) mass is 239 g/mol. The number of hydrogen-bond donors (Lipinski definition) is 1. The molecule has 3 heterocycles. The minimum atomic E-state index is -0.229. The number of hydrogen-bond acceptors (Lipinski definition) is 5. The zero-order valence-electron chi connectivity index (χ0n) is 9.37. The maximum Gasteiger partial charge on any atom is 0.251 e. The van der Waals surface area contributed by atoms with Gasteiger partial charge in [-0.2, -0.15) is 4.99 Å². The summed E-state index contributed by atoms with van der Waals surface area (Å²) in [4.78, 5) is 27.7. The van der Waals surface area contributed by atoms with Crippen LogP contribution in [0, 0.1) is 0 Å². The van der Waals surface area contributed by atoms with Gasteiger partial charge in [0.2, 0.25) is 0 Å². The molecule has 0 fully saturated rings. The molecule has 2 aromatic rings. The molecule has 0 radical (unpaired) electrons. The largest absolute Gasteiger partial charge is 0.383 e. The number of nitrogens with two attached hydrogens (primary N) is 1. The number of nitrogen functional groups attached to an aromatic ring is 1. The normalized spacial score (nSPS) is 13.4. The third-order valence-corrected chi connectivity index (χ3v) is 2.56. The Hall–Kier alpha value is -2.63. The summed E-state index contributed by atoms with van der Waals surface area (Å²) in [6.07, 6.45) is 3.58. The molecule has 6 heteroatoms. The quantitative estimate of drug-likeness (QED) is 0.720. The van der Waals surface area contributed by atoms with E-state index in [4.69, 9.17) is 5.73 Å². The first-order chi connectivity index (χ1) is 8.74. The second-order valence-corrected chi connectivity index (χ2v) is 3.80. The highest BCUT2D eigenvalue weighted by Gasteiger charge is 2.10. The van der Waals surface area contributed by atoms with E-state index in [0.717, 1.165) is 0 Å². The van der Waals surface area contributed by atoms with E-state index in [1.165, 1.54) is 0 Å². The fourth-order valence-electron chi connectivity index (χ4n) is 1.72. The van der Waals surface area contributed by atoms with E-state index in [1.54, 1.807) is 24.4 Å². The number of nitrogens with zero attached hydrogens (tertiary/aromatic N) is 4. The average Bonchev–Trinajstić information content (AvgIpc) is 2.39. The Morgan fingerprint density at radius 3 is 2.89 bits per heavy atom. The summed E-state index contributed by atoms with van der Waals surface area (Å²) >= 11 is 0. The molecule has 0 spiro atoms. The SMILES string of the molecule is Nc1nc(-c2ccccn2)nc2c1=CCC(=O)N=2. The summed E-state index contributed by atoms with van der Waals surface area (Å²) in [7, 11) is 0. The number of carbonyl (C=O) groups is 1. The van der Waals surface area contributed by atoms with Gasteiger partial charge in [-0.25, -0.2) is 9.97 Å². The summed E-state index contributed by atoms with van der Waals surface area (Å²) in [5, 5.41) is 0.620. The predicted octanol–water partition coefficient (Wildman–Crippen LogP) is -0.549. The number of anilines is 1. The van der Waals surface area contributed by atoms with Crippen molar-refractivity contribution in [3.8, 4) is 11.5 Å². The van der Waals surface area contributed by atoms with Crippen molar-refractivity contribution in [2.24, 2.45) is 4.99 Å². The van der Waals surface area contributed by atoms with Crippen LogP contribution in [0.15, 0.2) is 29.4 Å². The summed E-state index contributed by atoms with van der Waals surface area (Å²) < 4.78 is 0. The first kappa shape index (κ1) is 10.5. The van der Waals surface area contributed by atoms with E-state index in [9.17, 15) is 4.79 Å². The second-order valence-electron chi connectivity index (χ2n) is 3.80. The maximum absolute atomic E-state index is 11.3. The van der Waals surface area contributed by atoms with Crippen molar-refractivity contribution >= 4 is 17.8 Å². The molecule has 1 amide bonds. The van der Waals surface area contributed by atoms with Gasteiger partial charge in [0.1, 0.15) is 11.5 Å². The van der Waals surface area contributed by atoms with Crippen LogP contribution in [0.5, 0.6) is 0 Å². The predicted molar refractivity (Wildman–Crippen MR) is 64.5 cm³/mol. The molecule has 2 N–H and O–H groups in total. The van der Waals surface area contributed by atoms with Gasteiger partial charge in [0, 0.05) is 12.6 Å². The van der Waals surface area contributed by atoms with Crippen LogP contribution in [0.2, 0.25) is 0 Å². The lowest BCUT2D eigenvalue weighted by atomic mass is 10.2. The molecule has 1 aliphatic heterocycles. The molecule has 0 atom stereocenters. The second kappa shape index (κ2) is 3.99. The standard InChI is InChI=1S/C12H9N5O/c13-10-7-4-5-9(18)15-11(7)17-12(16-10)8-3-1-2-6-14-8/h1-4,6H,5H2,(H2,13,15,16,17,18). The number of aromatic nitrogens is 3. The van der Waals surface area contributed by atoms with Gasteiger partial charge in [-0.05, 0) is 12.1 Å². The van der Waals surface area contributed by atoms with E-state index in [1.807, 2.05) is 6.07 Å². The van der Waals surface area contributed by atoms with Crippen LogP contribution in [0.4, 0.5) is 5.82 Å². The molecule has 0 bridgehead atoms. The van der Waals surface area contributed by atoms with Crippen molar-refractivity contribution in [3.63, 3.8) is 0 Å². The molecule has 0 aromatic carbocycles. The molecule has 18 heavy (non-hydrogen) atoms. The van der Waals surface area contributed by atoms with Gasteiger partial charge < -0.3 is 5.73 Å². The van der Waals surface area contributed by atoms with E-state index >= 15 is 0 Å². The van der Waals surface area contributed by atoms with E-state index < -0.39 is 0 Å². The smallest absolute Gasteiger partial charge is 0.251 e. The number of fused-ring (bicyclic) bond motifs is 1. The fraction of sp³-hybridized carbons (Fsp3) is 0.0833. The summed E-state index contributed by atoms with van der Waals surface area (Å²) in [6.45, 7) is 0. The molecule has 3 rings (SSSR count). The van der Waals surface area contributed by atoms with Crippen LogP contribution in [-0.2, 0) is 4.79 Å². The van der Waals surface area contributed by atoms with Gasteiger partial charge in [0.05, 0.1) is 5.22 Å². The Balaban J connectivity index is 2.28. The highest BCUT2D eigenvalue weighted by atomic mass is 16.1. The van der Waals surface area contributed by atoms with Crippen molar-refractivity contribution in [3.05, 3.63) is 35.1 Å². The third kappa shape index (κ3) is 1.73. The highest BCUT2D eigenvalue weighted by molar-refractivity contribution is 5.83. The number of pyridine rings is 1. The summed E-state index contributed by atoms with van der Waals surface area (Å²) in [5.74, 6) is 0.461. The fourth-order valence-corrected chi connectivity index (χ4v) is 1.72. The van der Waals surface area contributed by atoms with Gasteiger partial charge in [-0.3, -0.25) is 9.78 Å². The van der Waals surface area contributed by atoms with Crippen molar-refractivity contribution < 1.29 is 4.79 Å². The number of rotatable bonds is 1. The highest BCUT2D eigenvalue weighted by Crippen LogP contribution is 2.08. The summed E-state index contributed by atoms with van der Waals surface area (Å²) in [5.41, 5.74) is 6.76. The molecule has 0 saturated heterocycles. The van der Waals surface area contributed by atoms with Crippen molar-refractivity contribution in [2.75, 3.05) is 5.73 Å². The lowest BCUT2D eigenvalue weighted by molar-refractivity contribution is -0.117. The topological polar surface area (TPSA) is 94.1 Å². The zero-order valence-corrected chi connectivity index (χ0v) is 9.37. The van der Waals surface area contributed by atoms with Crippen LogP contribution < -0.4 is 16.4 Å². The Kier molecular flexibility index (Phi) is 2.33. The number of amides is 1. The van der Waals surface area contributed by atoms with Gasteiger partial charge in [0.15, 0.2) is 11.3 Å². The van der Waals surface area contributed by atoms with Crippen LogP contribution in [0.1, 0.15) is 6.42 Å². The molecule has 0 aliphatic carbocycles. The lowest BCUT2D eigenvalue weighted by Gasteiger charge is -2.04. The molecule has 2 aromatic heterocycles. The van der Waals surface area contributed by atoms with Crippen LogP contribution in [-0.4, -0.2) is 20.9 Å². The Morgan fingerprint density at radius 2 is 2.11 bits per heavy atom. The Labute approximate surface area is 102 Å². The first-order valence-corrected chi connectivity index (χ1v) is 5.41. The Bertz CT molecular complexity index is 739. The molecule has 0 saturated carbocycles. The minimum absolute atomic E-state index is 0.229. The van der Waals surface area contributed by atoms with E-state index in [0.29, 0.717) is 28.0 Å². The van der Waals surface area contributed by atoms with E-state index in [-0.39, 0.29) is 12.3 Å². The van der Waals surface area contributed by atoms with Gasteiger partial charge >= 0.3 is 0 Å². The molecular weight excluding hydrogens is 230 g/mol. The van der Waals surface area contributed by atoms with E-state index in [2.05, 4.69) is 19.9 Å². The number of carbonyl (C=O) groups excluding carboxylic acids is 1. The van der Waals surface area contributed by atoms with Crippen molar-refractivity contribution in [1.82, 2.24) is 15.0 Å². The molecule has 0 unspecified atom stereocenters. The van der Waals surface area contributed by atoms with Crippen LogP contribution in [0.25, 0.3) is 17.6 Å². The third-order valence-electron chi connectivity index (χ3n) is 2.56. The molecule has 88 valence electrons. The van der Waals surface area contributed by atoms with Crippen molar-refractivity contribution in [1.29, 1.82) is 0 Å². The average molecular weight is 239 g/mol. The lowest BCUT2D eigenvalue weighted by Crippen LogP contribution is -2.36. The molecule has 1 aliphatic rings. The van der Waals surface area contributed by atoms with Gasteiger partial charge in [-0.15, -0.1) is 0 Å². The van der Waals surface area contributed by atoms with Gasteiger partial charge in [0.25, 0.3) is 5.91 Å². The Morgan fingerprint density at radius 1 is 1.22 bits per heavy atom. The minimum Gasteiger partial charge on any atom is -0.383 e. The summed E-state index contributed by atoms with van der Waals surface area (Å²) in [6, 6.07) is 5.40. The zero-order chi connectivity index (χ0) is 12.5. The van der Waals surface area contributed by atoms with Crippen molar-refractivity contribution in [2.45, 2.75) is 6.42 Å². The first-order valence-electron chi connectivity index (χ1n) is 5.41. The maximum atomic E-state index is 11.3. The van der Waals surface area contributed by atoms with Gasteiger partial charge in [-0.1, -0.05) is 12.1 Å². The molecular formula is C12H9N5O. The van der Waals surface area contributed by atoms with Crippen LogP contribution in [0.3, 0.4) is 0 Å². The van der Waals surface area contributed by atoms with Crippen LogP contribution >= 0.6 is 0 Å².